The molecule has 29 valence electrons. The minimum absolute atomic E-state index is 0.269. The molecule has 0 atom stereocenters. The van der Waals surface area contributed by atoms with Crippen molar-refractivity contribution in [2.75, 3.05) is 0 Å². The summed E-state index contributed by atoms with van der Waals surface area (Å²) in [6, 6.07) is 0. The minimum atomic E-state index is -0.662. The van der Waals surface area contributed by atoms with E-state index < -0.39 is 5.24 Å². The third-order valence-electron chi connectivity index (χ3n) is 0.101. The summed E-state index contributed by atoms with van der Waals surface area (Å²) in [5.74, 6) is 0. The molecule has 0 saturated heterocycles. The van der Waals surface area contributed by atoms with E-state index >= 15 is 0 Å². The van der Waals surface area contributed by atoms with Gasteiger partial charge in [-0.2, -0.15) is 5.14 Å². The smallest absolute Gasteiger partial charge is 0.292 e. The second-order valence-electron chi connectivity index (χ2n) is 0.421. The number of hydrogen-bond acceptors (Lipinski definition) is 2. The molecule has 0 aromatic carbocycles. The molecule has 3 nitrogen and oxygen atoms in total. The van der Waals surface area contributed by atoms with Gasteiger partial charge in [0.05, 0.1) is 0 Å². The maximum absolute atomic E-state index is 9.37. The number of hydrogen-bond donors (Lipinski definition) is 1. The fraction of sp³-hybridized carbons (Fsp3) is 0. The molecular weight excluding hydrogens is 88.1 g/mol. The molecule has 0 rings (SSSR count). The van der Waals surface area contributed by atoms with Gasteiger partial charge in [-0.05, 0) is 0 Å². The van der Waals surface area contributed by atoms with E-state index in [9.17, 15) is 4.79 Å². The summed E-state index contributed by atoms with van der Waals surface area (Å²) in [5, 5.41) is 5.44. The fourth-order valence-corrected chi connectivity index (χ4v) is 0. The second-order valence-corrected chi connectivity index (χ2v) is 1.03. The van der Waals surface area contributed by atoms with Crippen LogP contribution < -0.4 is 10.9 Å². The quantitative estimate of drug-likeness (QED) is 0.426. The summed E-state index contributed by atoms with van der Waals surface area (Å²) >= 11 is 0.269. The highest BCUT2D eigenvalue weighted by atomic mass is 32.2. The highest BCUT2D eigenvalue weighted by Crippen LogP contribution is 1.82. The van der Waals surface area contributed by atoms with Crippen LogP contribution in [0.5, 0.6) is 0 Å². The van der Waals surface area contributed by atoms with Crippen LogP contribution in [0.3, 0.4) is 0 Å². The minimum Gasteiger partial charge on any atom is -0.359 e. The van der Waals surface area contributed by atoms with Crippen molar-refractivity contribution in [2.45, 2.75) is 0 Å². The first-order valence-electron chi connectivity index (χ1n) is 0.901. The third kappa shape index (κ3) is 3.78. The van der Waals surface area contributed by atoms with Gasteiger partial charge in [0.2, 0.25) is 0 Å². The number of carbonyl (C=O) groups excluding carboxylic acids is 1. The average molecular weight is 91.1 g/mol. The predicted octanol–water partition coefficient (Wildman–Crippen LogP) is -0.00380. The Morgan fingerprint density at radius 1 is 2.00 bits per heavy atom. The van der Waals surface area contributed by atoms with E-state index in [0.29, 0.717) is 0 Å². The summed E-state index contributed by atoms with van der Waals surface area (Å²) in [6.07, 6.45) is 0. The summed E-state index contributed by atoms with van der Waals surface area (Å²) in [6.45, 7) is 0. The molecule has 4 heteroatoms. The molecule has 0 aromatic rings. The molecule has 0 aliphatic carbocycles. The molecule has 0 saturated carbocycles. The maximum Gasteiger partial charge on any atom is 0.292 e. The SMILES string of the molecule is [NH]SC(N)=O. The monoisotopic (exact) mass is 91.0 g/mol. The van der Waals surface area contributed by atoms with Crippen molar-refractivity contribution in [2.24, 2.45) is 5.73 Å². The van der Waals surface area contributed by atoms with Gasteiger partial charge < -0.3 is 5.73 Å². The zero-order chi connectivity index (χ0) is 4.28. The number of nitrogens with one attached hydrogen (secondary N) is 1. The van der Waals surface area contributed by atoms with Gasteiger partial charge >= 0.3 is 0 Å². The molecule has 0 bridgehead atoms. The zero-order valence-corrected chi connectivity index (χ0v) is 3.21. The Morgan fingerprint density at radius 2 is 2.20 bits per heavy atom. The average Bonchev–Trinajstić information content (AvgIpc) is 1.38. The van der Waals surface area contributed by atoms with Gasteiger partial charge in [0.1, 0.15) is 0 Å². The second kappa shape index (κ2) is 2.04. The predicted molar refractivity (Wildman–Crippen MR) is 20.3 cm³/mol. The molecule has 0 unspecified atom stereocenters. The van der Waals surface area contributed by atoms with Crippen molar-refractivity contribution in [3.8, 4) is 0 Å². The van der Waals surface area contributed by atoms with Crippen molar-refractivity contribution in [1.29, 1.82) is 0 Å². The molecule has 3 N–H and O–H groups in total. The lowest BCUT2D eigenvalue weighted by molar-refractivity contribution is 0.267. The largest absolute Gasteiger partial charge is 0.359 e. The van der Waals surface area contributed by atoms with Gasteiger partial charge in [0.25, 0.3) is 5.24 Å². The number of rotatable bonds is 0. The van der Waals surface area contributed by atoms with Crippen LogP contribution in [-0.4, -0.2) is 5.24 Å². The van der Waals surface area contributed by atoms with Crippen molar-refractivity contribution < 1.29 is 4.79 Å². The maximum atomic E-state index is 9.37. The van der Waals surface area contributed by atoms with E-state index in [1.807, 2.05) is 0 Å². The molecule has 0 spiro atoms. The van der Waals surface area contributed by atoms with Crippen molar-refractivity contribution >= 4 is 17.2 Å². The van der Waals surface area contributed by atoms with Crippen molar-refractivity contribution in [3.63, 3.8) is 0 Å². The van der Waals surface area contributed by atoms with Crippen LogP contribution in [0.1, 0.15) is 0 Å². The Labute approximate surface area is 33.8 Å². The van der Waals surface area contributed by atoms with Gasteiger partial charge in [-0.25, -0.2) is 0 Å². The molecule has 0 aliphatic heterocycles. The normalized spacial score (nSPS) is 7.40. The van der Waals surface area contributed by atoms with Crippen LogP contribution >= 0.6 is 11.9 Å². The molecule has 0 heterocycles. The van der Waals surface area contributed by atoms with Gasteiger partial charge in [0, 0.05) is 11.9 Å². The Hall–Kier alpha value is -0.220. The summed E-state index contributed by atoms with van der Waals surface area (Å²) in [7, 11) is 0. The first-order valence-corrected chi connectivity index (χ1v) is 1.72. The number of carbonyl (C=O) groups is 1. The van der Waals surface area contributed by atoms with Crippen LogP contribution in [0, 0.1) is 0 Å². The van der Waals surface area contributed by atoms with E-state index in [2.05, 4.69) is 5.73 Å². The zero-order valence-electron chi connectivity index (χ0n) is 2.39. The van der Waals surface area contributed by atoms with Gasteiger partial charge in [-0.3, -0.25) is 4.79 Å². The number of nitrogens with two attached hydrogens (primary N) is 1. The molecule has 0 aromatic heterocycles. The lowest BCUT2D eigenvalue weighted by Gasteiger charge is -1.71. The van der Waals surface area contributed by atoms with Crippen molar-refractivity contribution in [3.05, 3.63) is 0 Å². The summed E-state index contributed by atoms with van der Waals surface area (Å²) in [5.41, 5.74) is 4.43. The van der Waals surface area contributed by atoms with Crippen LogP contribution in [0.25, 0.3) is 0 Å². The topological polar surface area (TPSA) is 66.9 Å². The molecule has 1 amide bonds. The van der Waals surface area contributed by atoms with Gasteiger partial charge in [-0.1, -0.05) is 0 Å². The van der Waals surface area contributed by atoms with Crippen LogP contribution in [0.15, 0.2) is 0 Å². The van der Waals surface area contributed by atoms with E-state index in [1.54, 1.807) is 0 Å². The Kier molecular flexibility index (Phi) is 1.95. The molecule has 0 fully saturated rings. The standard InChI is InChI=1S/CH3N2OS/c2-1(4)5-3/h3H,(H2,2,4). The van der Waals surface area contributed by atoms with Gasteiger partial charge in [0.15, 0.2) is 0 Å². The molecular formula is CH3N2OS. The van der Waals surface area contributed by atoms with E-state index in [1.165, 1.54) is 0 Å². The first kappa shape index (κ1) is 4.78. The lowest BCUT2D eigenvalue weighted by Crippen LogP contribution is -2.00. The van der Waals surface area contributed by atoms with Crippen LogP contribution in [0.2, 0.25) is 0 Å². The highest BCUT2D eigenvalue weighted by molar-refractivity contribution is 8.11. The number of primary amides is 1. The van der Waals surface area contributed by atoms with Crippen LogP contribution in [-0.2, 0) is 0 Å². The fourth-order valence-electron chi connectivity index (χ4n) is 0. The lowest BCUT2D eigenvalue weighted by atomic mass is 11.5. The highest BCUT2D eigenvalue weighted by Gasteiger charge is 1.80. The Morgan fingerprint density at radius 3 is 2.20 bits per heavy atom. The number of amides is 1. The third-order valence-corrected chi connectivity index (χ3v) is 0.302. The van der Waals surface area contributed by atoms with E-state index in [4.69, 9.17) is 5.14 Å². The van der Waals surface area contributed by atoms with E-state index in [-0.39, 0.29) is 11.9 Å². The van der Waals surface area contributed by atoms with Crippen LogP contribution in [0.4, 0.5) is 4.79 Å². The Balaban J connectivity index is 2.85. The summed E-state index contributed by atoms with van der Waals surface area (Å²) < 4.78 is 0. The van der Waals surface area contributed by atoms with Gasteiger partial charge in [-0.15, -0.1) is 0 Å². The molecule has 0 aliphatic rings. The van der Waals surface area contributed by atoms with Crippen molar-refractivity contribution in [1.82, 2.24) is 5.14 Å². The first-order chi connectivity index (χ1) is 2.27. The molecule has 5 heavy (non-hydrogen) atoms. The van der Waals surface area contributed by atoms with E-state index in [0.717, 1.165) is 0 Å². The molecule has 1 radical (unpaired) electrons. The summed E-state index contributed by atoms with van der Waals surface area (Å²) in [4.78, 5) is 9.37. The Bertz CT molecular complexity index is 44.9.